The zero-order valence-electron chi connectivity index (χ0n) is 19.4. The Hall–Kier alpha value is -0.256. The zero-order chi connectivity index (χ0) is 21.5. The molecule has 0 aromatic rings. The van der Waals surface area contributed by atoms with Crippen LogP contribution >= 0.6 is 0 Å². The summed E-state index contributed by atoms with van der Waals surface area (Å²) in [6.45, 7) is 16.8. The summed E-state index contributed by atoms with van der Waals surface area (Å²) in [6, 6.07) is 3.78. The number of carbonyl (C=O) groups excluding carboxylic acids is 1. The second-order valence-corrected chi connectivity index (χ2v) is 14.6. The molecule has 0 heterocycles. The fourth-order valence-corrected chi connectivity index (χ4v) is 8.63. The van der Waals surface area contributed by atoms with Gasteiger partial charge in [0.1, 0.15) is 0 Å². The van der Waals surface area contributed by atoms with E-state index in [1.54, 1.807) is 0 Å². The number of hydrogen-bond donors (Lipinski definition) is 1. The maximum atomic E-state index is 12.1. The van der Waals surface area contributed by atoms with Crippen LogP contribution in [-0.4, -0.2) is 55.5 Å². The number of unbranched alkanes of at least 4 members (excludes halogenated alkanes) is 1. The van der Waals surface area contributed by atoms with Crippen molar-refractivity contribution in [1.82, 2.24) is 5.32 Å². The molecule has 168 valence electrons. The first kappa shape index (κ1) is 27.7. The molecule has 1 N–H and O–H groups in total. The molecule has 0 rings (SSSR count). The third kappa shape index (κ3) is 10.5. The third-order valence-corrected chi connectivity index (χ3v) is 13.0. The Labute approximate surface area is 175 Å². The highest BCUT2D eigenvalue weighted by atomic mass is 28.4. The average molecular weight is 436 g/mol. The van der Waals surface area contributed by atoms with Crippen molar-refractivity contribution in [3.63, 3.8) is 0 Å². The summed E-state index contributed by atoms with van der Waals surface area (Å²) >= 11 is 0. The van der Waals surface area contributed by atoms with Crippen LogP contribution in [0.15, 0.2) is 0 Å². The highest BCUT2D eigenvalue weighted by molar-refractivity contribution is 6.74. The molecule has 0 aromatic carbocycles. The van der Waals surface area contributed by atoms with E-state index in [1.165, 1.54) is 0 Å². The molecule has 8 heteroatoms. The van der Waals surface area contributed by atoms with Crippen LogP contribution in [0.2, 0.25) is 24.2 Å². The number of rotatable bonds is 18. The molecule has 0 amide bonds. The Kier molecular flexibility index (Phi) is 15.4. The standard InChI is InChI=1S/C20H45NO5Si2/c1-8-19(7)25-28(23-9-2,24-10-3)17-15-14-16-21-18-20(22)26-27(11-4,12-5)13-6/h19,21H,8-18H2,1-7H3. The Morgan fingerprint density at radius 3 is 1.96 bits per heavy atom. The van der Waals surface area contributed by atoms with E-state index in [4.69, 9.17) is 17.7 Å². The normalized spacial score (nSPS) is 13.5. The van der Waals surface area contributed by atoms with Crippen LogP contribution in [0, 0.1) is 0 Å². The summed E-state index contributed by atoms with van der Waals surface area (Å²) in [6.07, 6.45) is 2.97. The van der Waals surface area contributed by atoms with Crippen LogP contribution in [-0.2, 0) is 22.5 Å². The molecule has 0 aliphatic rings. The highest BCUT2D eigenvalue weighted by Gasteiger charge is 2.41. The van der Waals surface area contributed by atoms with Crippen molar-refractivity contribution in [2.24, 2.45) is 0 Å². The summed E-state index contributed by atoms with van der Waals surface area (Å²) in [5, 5.41) is 3.22. The molecule has 0 radical (unpaired) electrons. The van der Waals surface area contributed by atoms with Gasteiger partial charge in [0.05, 0.1) is 6.54 Å². The lowest BCUT2D eigenvalue weighted by Crippen LogP contribution is -2.48. The van der Waals surface area contributed by atoms with E-state index in [0.717, 1.165) is 50.0 Å². The number of hydrogen-bond acceptors (Lipinski definition) is 6. The molecular formula is C20H45NO5Si2. The van der Waals surface area contributed by atoms with E-state index in [1.807, 2.05) is 13.8 Å². The largest absolute Gasteiger partial charge is 0.518 e. The van der Waals surface area contributed by atoms with Gasteiger partial charge in [-0.25, -0.2) is 0 Å². The second-order valence-electron chi connectivity index (χ2n) is 7.24. The predicted molar refractivity (Wildman–Crippen MR) is 120 cm³/mol. The van der Waals surface area contributed by atoms with Crippen LogP contribution < -0.4 is 5.32 Å². The SMILES string of the molecule is CCO[Si](CCCCNCC(=O)O[Si](CC)(CC)CC)(OCC)OC(C)CC. The van der Waals surface area contributed by atoms with Crippen molar-refractivity contribution < 1.29 is 22.5 Å². The first-order valence-corrected chi connectivity index (χ1v) is 15.7. The highest BCUT2D eigenvalue weighted by Crippen LogP contribution is 2.22. The minimum Gasteiger partial charge on any atom is -0.518 e. The van der Waals surface area contributed by atoms with Gasteiger partial charge in [-0.2, -0.15) is 0 Å². The van der Waals surface area contributed by atoms with Gasteiger partial charge >= 0.3 is 14.8 Å². The van der Waals surface area contributed by atoms with Gasteiger partial charge in [-0.3, -0.25) is 4.79 Å². The van der Waals surface area contributed by atoms with E-state index in [-0.39, 0.29) is 18.6 Å². The summed E-state index contributed by atoms with van der Waals surface area (Å²) in [5.74, 6) is -0.107. The smallest absolute Gasteiger partial charge is 0.501 e. The van der Waals surface area contributed by atoms with Crippen LogP contribution in [0.3, 0.4) is 0 Å². The van der Waals surface area contributed by atoms with E-state index in [9.17, 15) is 4.79 Å². The van der Waals surface area contributed by atoms with Crippen LogP contribution in [0.1, 0.15) is 67.7 Å². The fraction of sp³-hybridized carbons (Fsp3) is 0.950. The predicted octanol–water partition coefficient (Wildman–Crippen LogP) is 4.73. The van der Waals surface area contributed by atoms with Gasteiger partial charge in [-0.15, -0.1) is 0 Å². The summed E-state index contributed by atoms with van der Waals surface area (Å²) < 4.78 is 24.0. The lowest BCUT2D eigenvalue weighted by atomic mass is 10.3. The molecule has 0 aromatic heterocycles. The van der Waals surface area contributed by atoms with E-state index < -0.39 is 17.1 Å². The van der Waals surface area contributed by atoms with Crippen molar-refractivity contribution in [2.45, 2.75) is 98.0 Å². The van der Waals surface area contributed by atoms with Crippen molar-refractivity contribution in [2.75, 3.05) is 26.3 Å². The van der Waals surface area contributed by atoms with Crippen LogP contribution in [0.4, 0.5) is 0 Å². The van der Waals surface area contributed by atoms with Crippen molar-refractivity contribution in [3.05, 3.63) is 0 Å². The van der Waals surface area contributed by atoms with Gasteiger partial charge in [0, 0.05) is 25.4 Å². The van der Waals surface area contributed by atoms with Gasteiger partial charge in [0.2, 0.25) is 0 Å². The van der Waals surface area contributed by atoms with Crippen molar-refractivity contribution in [3.8, 4) is 0 Å². The molecule has 0 bridgehead atoms. The van der Waals surface area contributed by atoms with Crippen molar-refractivity contribution >= 4 is 23.1 Å². The van der Waals surface area contributed by atoms with Gasteiger partial charge < -0.3 is 23.0 Å². The lowest BCUT2D eigenvalue weighted by Gasteiger charge is -2.31. The summed E-state index contributed by atoms with van der Waals surface area (Å²) in [5.41, 5.74) is 0. The molecule has 0 fully saturated rings. The van der Waals surface area contributed by atoms with Gasteiger partial charge in [0.25, 0.3) is 8.32 Å². The third-order valence-electron chi connectivity index (χ3n) is 5.30. The lowest BCUT2D eigenvalue weighted by molar-refractivity contribution is -0.134. The maximum Gasteiger partial charge on any atom is 0.501 e. The number of nitrogens with one attached hydrogen (secondary N) is 1. The molecule has 6 nitrogen and oxygen atoms in total. The minimum absolute atomic E-state index is 0.107. The van der Waals surface area contributed by atoms with Crippen LogP contribution in [0.25, 0.3) is 0 Å². The first-order valence-electron chi connectivity index (χ1n) is 11.2. The Balaban J connectivity index is 4.33. The van der Waals surface area contributed by atoms with Gasteiger partial charge in [0.15, 0.2) is 0 Å². The molecule has 1 unspecified atom stereocenters. The summed E-state index contributed by atoms with van der Waals surface area (Å²) in [7, 11) is -4.47. The fourth-order valence-electron chi connectivity index (χ4n) is 3.17. The first-order chi connectivity index (χ1) is 13.4. The maximum absolute atomic E-state index is 12.1. The van der Waals surface area contributed by atoms with Gasteiger partial charge in [-0.1, -0.05) is 27.7 Å². The molecule has 0 saturated heterocycles. The topological polar surface area (TPSA) is 66.0 Å². The van der Waals surface area contributed by atoms with Gasteiger partial charge in [-0.05, 0) is 64.7 Å². The van der Waals surface area contributed by atoms with Crippen molar-refractivity contribution in [1.29, 1.82) is 0 Å². The van der Waals surface area contributed by atoms with E-state index >= 15 is 0 Å². The van der Waals surface area contributed by atoms with E-state index in [2.05, 4.69) is 39.9 Å². The Morgan fingerprint density at radius 1 is 0.929 bits per heavy atom. The molecule has 1 atom stereocenters. The summed E-state index contributed by atoms with van der Waals surface area (Å²) in [4.78, 5) is 12.1. The Bertz CT molecular complexity index is 394. The molecule has 0 aliphatic carbocycles. The molecule has 0 saturated carbocycles. The monoisotopic (exact) mass is 435 g/mol. The molecular weight excluding hydrogens is 390 g/mol. The molecule has 28 heavy (non-hydrogen) atoms. The number of carbonyl (C=O) groups is 1. The van der Waals surface area contributed by atoms with E-state index in [0.29, 0.717) is 13.2 Å². The minimum atomic E-state index is -2.62. The second kappa shape index (κ2) is 15.6. The molecule has 0 aliphatic heterocycles. The Morgan fingerprint density at radius 2 is 1.50 bits per heavy atom. The average Bonchev–Trinajstić information content (AvgIpc) is 2.69. The molecule has 0 spiro atoms. The quantitative estimate of drug-likeness (QED) is 0.248. The zero-order valence-corrected chi connectivity index (χ0v) is 21.4. The van der Waals surface area contributed by atoms with Crippen LogP contribution in [0.5, 0.6) is 0 Å².